The van der Waals surface area contributed by atoms with Crippen LogP contribution in [0.25, 0.3) is 94.0 Å². The van der Waals surface area contributed by atoms with Gasteiger partial charge in [0.2, 0.25) is 0 Å². The van der Waals surface area contributed by atoms with Crippen LogP contribution in [0.3, 0.4) is 0 Å². The van der Waals surface area contributed by atoms with Gasteiger partial charge >= 0.3 is 0 Å². The predicted molar refractivity (Wildman–Crippen MR) is 203 cm³/mol. The molecule has 4 heteroatoms. The summed E-state index contributed by atoms with van der Waals surface area (Å²) in [6.07, 6.45) is 0. The molecule has 228 valence electrons. The largest absolute Gasteiger partial charge is 0.293 e. The quantitative estimate of drug-likeness (QED) is 0.183. The van der Waals surface area contributed by atoms with Crippen molar-refractivity contribution in [1.29, 1.82) is 0 Å². The van der Waals surface area contributed by atoms with E-state index in [0.717, 1.165) is 61.3 Å². The lowest BCUT2D eigenvalue weighted by molar-refractivity contribution is 1.14. The van der Waals surface area contributed by atoms with Crippen LogP contribution in [0.5, 0.6) is 0 Å². The summed E-state index contributed by atoms with van der Waals surface area (Å²) in [5.74, 6) is 0. The fourth-order valence-electron chi connectivity index (χ4n) is 7.41. The highest BCUT2D eigenvalue weighted by molar-refractivity contribution is 6.21. The predicted octanol–water partition coefficient (Wildman–Crippen LogP) is 11.4. The standard InChI is InChI=1S/C45H28N4/c1-3-14-29(15-4-1)42-32-18-7-9-20-34(32)43(35-21-10-8-19-33(35)42)40-25-13-24-37(46-40)30-26-27-41-36(28-30)44-45(49(41)31-16-5-2-6-17-31)48-39-23-12-11-22-38(39)47-44/h1-28H. The minimum Gasteiger partial charge on any atom is -0.293 e. The Morgan fingerprint density at radius 3 is 1.63 bits per heavy atom. The highest BCUT2D eigenvalue weighted by atomic mass is 15.1. The maximum Gasteiger partial charge on any atom is 0.165 e. The SMILES string of the molecule is c1ccc(-c2c3ccccc3c(-c3cccc(-c4ccc5c(c4)c4nc6ccccc6nc4n5-c4ccccc4)n3)c3ccccc23)cc1. The summed E-state index contributed by atoms with van der Waals surface area (Å²) in [4.78, 5) is 15.6. The van der Waals surface area contributed by atoms with Gasteiger partial charge in [0.1, 0.15) is 5.52 Å². The fraction of sp³-hybridized carbons (Fsp3) is 0. The van der Waals surface area contributed by atoms with E-state index >= 15 is 0 Å². The second-order valence-electron chi connectivity index (χ2n) is 12.4. The van der Waals surface area contributed by atoms with Gasteiger partial charge in [-0.1, -0.05) is 121 Å². The Labute approximate surface area is 282 Å². The van der Waals surface area contributed by atoms with Crippen molar-refractivity contribution >= 4 is 54.6 Å². The number of aromatic nitrogens is 4. The molecule has 7 aromatic carbocycles. The number of pyridine rings is 1. The van der Waals surface area contributed by atoms with Crippen LogP contribution in [0.4, 0.5) is 0 Å². The first kappa shape index (κ1) is 27.5. The average Bonchev–Trinajstić information content (AvgIpc) is 3.49. The number of nitrogens with zero attached hydrogens (tertiary/aromatic N) is 4. The smallest absolute Gasteiger partial charge is 0.165 e. The van der Waals surface area contributed by atoms with E-state index < -0.39 is 0 Å². The van der Waals surface area contributed by atoms with E-state index in [1.54, 1.807) is 0 Å². The lowest BCUT2D eigenvalue weighted by Gasteiger charge is -2.17. The molecule has 0 atom stereocenters. The Morgan fingerprint density at radius 1 is 0.367 bits per heavy atom. The monoisotopic (exact) mass is 624 g/mol. The second-order valence-corrected chi connectivity index (χ2v) is 12.4. The summed E-state index contributed by atoms with van der Waals surface area (Å²) in [6, 6.07) is 59.5. The first-order valence-electron chi connectivity index (χ1n) is 16.5. The van der Waals surface area contributed by atoms with Gasteiger partial charge in [0, 0.05) is 22.2 Å². The molecule has 10 rings (SSSR count). The third kappa shape index (κ3) is 4.35. The van der Waals surface area contributed by atoms with Gasteiger partial charge in [-0.3, -0.25) is 4.57 Å². The first-order valence-corrected chi connectivity index (χ1v) is 16.5. The normalized spacial score (nSPS) is 11.7. The van der Waals surface area contributed by atoms with Crippen molar-refractivity contribution in [2.24, 2.45) is 0 Å². The van der Waals surface area contributed by atoms with Gasteiger partial charge in [-0.05, 0) is 81.2 Å². The average molecular weight is 625 g/mol. The van der Waals surface area contributed by atoms with E-state index in [1.807, 2.05) is 30.3 Å². The van der Waals surface area contributed by atoms with Gasteiger partial charge in [-0.15, -0.1) is 0 Å². The summed E-state index contributed by atoms with van der Waals surface area (Å²) in [5.41, 5.74) is 12.1. The van der Waals surface area contributed by atoms with Crippen molar-refractivity contribution in [2.45, 2.75) is 0 Å². The summed E-state index contributed by atoms with van der Waals surface area (Å²) in [7, 11) is 0. The molecule has 0 saturated carbocycles. The number of para-hydroxylation sites is 3. The Morgan fingerprint density at radius 2 is 0.939 bits per heavy atom. The molecule has 0 aliphatic heterocycles. The number of hydrogen-bond donors (Lipinski definition) is 0. The van der Waals surface area contributed by atoms with Crippen LogP contribution in [0, 0.1) is 0 Å². The van der Waals surface area contributed by atoms with Crippen LogP contribution in [0.2, 0.25) is 0 Å². The van der Waals surface area contributed by atoms with Crippen LogP contribution in [-0.2, 0) is 0 Å². The molecule has 3 heterocycles. The maximum atomic E-state index is 5.37. The summed E-state index contributed by atoms with van der Waals surface area (Å²) < 4.78 is 2.21. The van der Waals surface area contributed by atoms with Crippen LogP contribution in [0.1, 0.15) is 0 Å². The van der Waals surface area contributed by atoms with E-state index in [-0.39, 0.29) is 0 Å². The molecule has 0 N–H and O–H groups in total. The topological polar surface area (TPSA) is 43.6 Å². The molecule has 49 heavy (non-hydrogen) atoms. The van der Waals surface area contributed by atoms with Crippen LogP contribution in [-0.4, -0.2) is 19.5 Å². The lowest BCUT2D eigenvalue weighted by Crippen LogP contribution is -1.96. The molecule has 3 aromatic heterocycles. The third-order valence-corrected chi connectivity index (χ3v) is 9.57. The minimum absolute atomic E-state index is 0.843. The summed E-state index contributed by atoms with van der Waals surface area (Å²) in [6.45, 7) is 0. The maximum absolute atomic E-state index is 5.37. The van der Waals surface area contributed by atoms with Crippen LogP contribution < -0.4 is 0 Å². The molecular weight excluding hydrogens is 597 g/mol. The van der Waals surface area contributed by atoms with Crippen molar-refractivity contribution in [3.63, 3.8) is 0 Å². The summed E-state index contributed by atoms with van der Waals surface area (Å²) >= 11 is 0. The third-order valence-electron chi connectivity index (χ3n) is 9.57. The molecule has 0 aliphatic carbocycles. The lowest BCUT2D eigenvalue weighted by atomic mass is 9.87. The zero-order valence-corrected chi connectivity index (χ0v) is 26.5. The summed E-state index contributed by atoms with van der Waals surface area (Å²) in [5, 5.41) is 5.86. The van der Waals surface area contributed by atoms with Crippen molar-refractivity contribution in [1.82, 2.24) is 19.5 Å². The van der Waals surface area contributed by atoms with Crippen molar-refractivity contribution in [3.8, 4) is 39.3 Å². The number of rotatable bonds is 4. The van der Waals surface area contributed by atoms with Crippen molar-refractivity contribution < 1.29 is 0 Å². The molecule has 0 aliphatic rings. The van der Waals surface area contributed by atoms with Crippen molar-refractivity contribution in [3.05, 3.63) is 170 Å². The Balaban J connectivity index is 1.20. The Bertz CT molecular complexity index is 2820. The molecule has 0 fully saturated rings. The minimum atomic E-state index is 0.843. The van der Waals surface area contributed by atoms with Crippen LogP contribution >= 0.6 is 0 Å². The van der Waals surface area contributed by atoms with Gasteiger partial charge < -0.3 is 0 Å². The van der Waals surface area contributed by atoms with Crippen molar-refractivity contribution in [2.75, 3.05) is 0 Å². The van der Waals surface area contributed by atoms with E-state index in [0.29, 0.717) is 0 Å². The zero-order valence-electron chi connectivity index (χ0n) is 26.5. The number of hydrogen-bond acceptors (Lipinski definition) is 3. The Kier molecular flexibility index (Phi) is 6.15. The highest BCUT2D eigenvalue weighted by Gasteiger charge is 2.19. The fourth-order valence-corrected chi connectivity index (χ4v) is 7.41. The van der Waals surface area contributed by atoms with E-state index in [4.69, 9.17) is 15.0 Å². The van der Waals surface area contributed by atoms with Gasteiger partial charge in [-0.25, -0.2) is 15.0 Å². The molecule has 0 bridgehead atoms. The van der Waals surface area contributed by atoms with E-state index in [1.165, 1.54) is 32.7 Å². The molecule has 10 aromatic rings. The number of fused-ring (bicyclic) bond motifs is 6. The molecule has 0 amide bonds. The van der Waals surface area contributed by atoms with Crippen LogP contribution in [0.15, 0.2) is 170 Å². The Hall–Kier alpha value is -6.65. The first-order chi connectivity index (χ1) is 24.3. The molecule has 4 nitrogen and oxygen atoms in total. The number of benzene rings is 7. The highest BCUT2D eigenvalue weighted by Crippen LogP contribution is 2.43. The van der Waals surface area contributed by atoms with Gasteiger partial charge in [-0.2, -0.15) is 0 Å². The molecular formula is C45H28N4. The van der Waals surface area contributed by atoms with E-state index in [9.17, 15) is 0 Å². The molecule has 0 spiro atoms. The molecule has 0 saturated heterocycles. The van der Waals surface area contributed by atoms with E-state index in [2.05, 4.69) is 144 Å². The van der Waals surface area contributed by atoms with Gasteiger partial charge in [0.15, 0.2) is 5.65 Å². The second kappa shape index (κ2) is 11.0. The van der Waals surface area contributed by atoms with Gasteiger partial charge in [0.25, 0.3) is 0 Å². The van der Waals surface area contributed by atoms with Gasteiger partial charge in [0.05, 0.1) is 27.9 Å². The molecule has 0 unspecified atom stereocenters. The zero-order chi connectivity index (χ0) is 32.3. The molecule has 0 radical (unpaired) electrons.